The predicted octanol–water partition coefficient (Wildman–Crippen LogP) is 1.77. The van der Waals surface area contributed by atoms with E-state index in [4.69, 9.17) is 9.47 Å². The summed E-state index contributed by atoms with van der Waals surface area (Å²) in [5, 5.41) is 3.44. The van der Waals surface area contributed by atoms with Gasteiger partial charge in [-0.15, -0.1) is 0 Å². The summed E-state index contributed by atoms with van der Waals surface area (Å²) in [6.07, 6.45) is 4.36. The third-order valence-corrected chi connectivity index (χ3v) is 2.78. The van der Waals surface area contributed by atoms with Gasteiger partial charge in [-0.2, -0.15) is 11.8 Å². The first-order valence-corrected chi connectivity index (χ1v) is 6.99. The van der Waals surface area contributed by atoms with Gasteiger partial charge in [0.1, 0.15) is 0 Å². The van der Waals surface area contributed by atoms with Crippen molar-refractivity contribution in [3.05, 3.63) is 0 Å². The molecule has 0 saturated heterocycles. The fourth-order valence-electron chi connectivity index (χ4n) is 1.18. The van der Waals surface area contributed by atoms with Crippen LogP contribution in [0.4, 0.5) is 0 Å². The van der Waals surface area contributed by atoms with Gasteiger partial charge in [-0.05, 0) is 31.8 Å². The van der Waals surface area contributed by atoms with E-state index in [1.165, 1.54) is 12.2 Å². The van der Waals surface area contributed by atoms with Gasteiger partial charge in [0.25, 0.3) is 0 Å². The molecule has 0 heterocycles. The maximum Gasteiger partial charge on any atom is 0.0591 e. The number of rotatable bonds is 11. The molecule has 0 spiro atoms. The molecule has 0 saturated carbocycles. The van der Waals surface area contributed by atoms with Crippen LogP contribution in [0.2, 0.25) is 0 Å². The lowest BCUT2D eigenvalue weighted by molar-refractivity contribution is 0.103. The smallest absolute Gasteiger partial charge is 0.0591 e. The highest BCUT2D eigenvalue weighted by Crippen LogP contribution is 1.99. The van der Waals surface area contributed by atoms with Crippen LogP contribution in [0.3, 0.4) is 0 Å². The Labute approximate surface area is 98.3 Å². The van der Waals surface area contributed by atoms with Crippen molar-refractivity contribution in [3.63, 3.8) is 0 Å². The van der Waals surface area contributed by atoms with Crippen LogP contribution in [0.1, 0.15) is 19.8 Å². The monoisotopic (exact) mass is 235 g/mol. The Hall–Kier alpha value is 0.230. The SMILES string of the molecule is COCCCOCCNC(C)CCSC. The summed E-state index contributed by atoms with van der Waals surface area (Å²) in [6, 6.07) is 0.597. The number of nitrogens with one attached hydrogen (secondary N) is 1. The molecule has 1 unspecified atom stereocenters. The molecule has 0 aliphatic rings. The van der Waals surface area contributed by atoms with Gasteiger partial charge in [0.2, 0.25) is 0 Å². The molecular formula is C11H25NO2S. The standard InChI is InChI=1S/C11H25NO2S/c1-11(5-10-15-3)12-6-9-14-8-4-7-13-2/h11-12H,4-10H2,1-3H3. The van der Waals surface area contributed by atoms with E-state index in [1.807, 2.05) is 11.8 Å². The molecule has 0 aromatic carbocycles. The highest BCUT2D eigenvalue weighted by Gasteiger charge is 1.99. The Bertz CT molecular complexity index is 125. The van der Waals surface area contributed by atoms with Gasteiger partial charge in [-0.3, -0.25) is 0 Å². The lowest BCUT2D eigenvalue weighted by Gasteiger charge is -2.12. The van der Waals surface area contributed by atoms with Gasteiger partial charge in [-0.25, -0.2) is 0 Å². The average molecular weight is 235 g/mol. The zero-order chi connectivity index (χ0) is 11.4. The van der Waals surface area contributed by atoms with Crippen molar-refractivity contribution in [1.82, 2.24) is 5.32 Å². The second-order valence-electron chi connectivity index (χ2n) is 3.60. The Morgan fingerprint density at radius 2 is 2.07 bits per heavy atom. The van der Waals surface area contributed by atoms with Crippen molar-refractivity contribution >= 4 is 11.8 Å². The maximum absolute atomic E-state index is 5.44. The van der Waals surface area contributed by atoms with Crippen LogP contribution in [0.25, 0.3) is 0 Å². The minimum Gasteiger partial charge on any atom is -0.385 e. The van der Waals surface area contributed by atoms with E-state index in [0.717, 1.165) is 32.8 Å². The second kappa shape index (κ2) is 12.3. The molecule has 0 aliphatic carbocycles. The first kappa shape index (κ1) is 15.2. The normalized spacial score (nSPS) is 13.0. The Morgan fingerprint density at radius 3 is 2.73 bits per heavy atom. The Morgan fingerprint density at radius 1 is 1.27 bits per heavy atom. The van der Waals surface area contributed by atoms with E-state index in [1.54, 1.807) is 7.11 Å². The van der Waals surface area contributed by atoms with E-state index in [2.05, 4.69) is 18.5 Å². The maximum atomic E-state index is 5.44. The summed E-state index contributed by atoms with van der Waals surface area (Å²) < 4.78 is 10.4. The van der Waals surface area contributed by atoms with Crippen LogP contribution < -0.4 is 5.32 Å². The molecule has 1 N–H and O–H groups in total. The molecule has 0 aromatic rings. The van der Waals surface area contributed by atoms with Crippen molar-refractivity contribution in [2.75, 3.05) is 45.5 Å². The van der Waals surface area contributed by atoms with Crippen molar-refractivity contribution < 1.29 is 9.47 Å². The molecule has 0 aliphatic heterocycles. The van der Waals surface area contributed by atoms with E-state index in [-0.39, 0.29) is 0 Å². The molecule has 0 bridgehead atoms. The summed E-state index contributed by atoms with van der Waals surface area (Å²) in [5.74, 6) is 1.23. The van der Waals surface area contributed by atoms with Crippen LogP contribution in [0.15, 0.2) is 0 Å². The number of thioether (sulfide) groups is 1. The van der Waals surface area contributed by atoms with E-state index in [9.17, 15) is 0 Å². The fourth-order valence-corrected chi connectivity index (χ4v) is 1.77. The molecule has 15 heavy (non-hydrogen) atoms. The predicted molar refractivity (Wildman–Crippen MR) is 67.8 cm³/mol. The first-order valence-electron chi connectivity index (χ1n) is 5.60. The minimum absolute atomic E-state index is 0.597. The summed E-state index contributed by atoms with van der Waals surface area (Å²) in [5.41, 5.74) is 0. The molecule has 3 nitrogen and oxygen atoms in total. The second-order valence-corrected chi connectivity index (χ2v) is 4.58. The highest BCUT2D eigenvalue weighted by molar-refractivity contribution is 7.98. The molecular weight excluding hydrogens is 210 g/mol. The lowest BCUT2D eigenvalue weighted by atomic mass is 10.2. The van der Waals surface area contributed by atoms with Crippen molar-refractivity contribution in [1.29, 1.82) is 0 Å². The molecule has 0 rings (SSSR count). The number of methoxy groups -OCH3 is 1. The summed E-state index contributed by atoms with van der Waals surface area (Å²) in [7, 11) is 1.72. The number of hydrogen-bond acceptors (Lipinski definition) is 4. The lowest BCUT2D eigenvalue weighted by Crippen LogP contribution is -2.30. The topological polar surface area (TPSA) is 30.5 Å². The Kier molecular flexibility index (Phi) is 12.5. The molecule has 0 fully saturated rings. The summed E-state index contributed by atoms with van der Waals surface area (Å²) >= 11 is 1.90. The number of hydrogen-bond donors (Lipinski definition) is 1. The van der Waals surface area contributed by atoms with Gasteiger partial charge in [-0.1, -0.05) is 0 Å². The van der Waals surface area contributed by atoms with Crippen LogP contribution >= 0.6 is 11.8 Å². The molecule has 0 amide bonds. The third-order valence-electron chi connectivity index (χ3n) is 2.13. The largest absolute Gasteiger partial charge is 0.385 e. The van der Waals surface area contributed by atoms with Gasteiger partial charge < -0.3 is 14.8 Å². The highest BCUT2D eigenvalue weighted by atomic mass is 32.2. The molecule has 1 atom stereocenters. The van der Waals surface area contributed by atoms with Crippen LogP contribution in [0.5, 0.6) is 0 Å². The van der Waals surface area contributed by atoms with Crippen LogP contribution in [-0.2, 0) is 9.47 Å². The summed E-state index contributed by atoms with van der Waals surface area (Å²) in [6.45, 7) is 5.56. The van der Waals surface area contributed by atoms with Crippen LogP contribution in [0, 0.1) is 0 Å². The molecule has 0 aromatic heterocycles. The van der Waals surface area contributed by atoms with Gasteiger partial charge in [0.05, 0.1) is 6.61 Å². The number of ether oxygens (including phenoxy) is 2. The van der Waals surface area contributed by atoms with E-state index in [0.29, 0.717) is 6.04 Å². The molecule has 4 heteroatoms. The molecule has 0 radical (unpaired) electrons. The summed E-state index contributed by atoms with van der Waals surface area (Å²) in [4.78, 5) is 0. The molecule has 92 valence electrons. The minimum atomic E-state index is 0.597. The average Bonchev–Trinajstić information content (AvgIpc) is 2.25. The van der Waals surface area contributed by atoms with Crippen molar-refractivity contribution in [3.8, 4) is 0 Å². The third kappa shape index (κ3) is 12.2. The fraction of sp³-hybridized carbons (Fsp3) is 1.00. The van der Waals surface area contributed by atoms with Crippen LogP contribution in [-0.4, -0.2) is 51.5 Å². The van der Waals surface area contributed by atoms with Crippen molar-refractivity contribution in [2.45, 2.75) is 25.8 Å². The van der Waals surface area contributed by atoms with E-state index < -0.39 is 0 Å². The van der Waals surface area contributed by atoms with Crippen molar-refractivity contribution in [2.24, 2.45) is 0 Å². The van der Waals surface area contributed by atoms with E-state index >= 15 is 0 Å². The van der Waals surface area contributed by atoms with Gasteiger partial charge in [0, 0.05) is 32.9 Å². The Balaban J connectivity index is 3.02. The van der Waals surface area contributed by atoms with Gasteiger partial charge >= 0.3 is 0 Å². The first-order chi connectivity index (χ1) is 7.31. The zero-order valence-electron chi connectivity index (χ0n) is 10.3. The van der Waals surface area contributed by atoms with Gasteiger partial charge in [0.15, 0.2) is 0 Å². The quantitative estimate of drug-likeness (QED) is 0.553. The zero-order valence-corrected chi connectivity index (χ0v) is 11.1.